The van der Waals surface area contributed by atoms with Crippen LogP contribution in [0.5, 0.6) is 0 Å². The summed E-state index contributed by atoms with van der Waals surface area (Å²) in [5.41, 5.74) is 6.98. The molecule has 0 bridgehead atoms. The average Bonchev–Trinajstić information content (AvgIpc) is 2.07. The van der Waals surface area contributed by atoms with Crippen molar-refractivity contribution in [2.75, 3.05) is 31.7 Å². The minimum Gasteiger partial charge on any atom is -0.399 e. The highest BCUT2D eigenvalue weighted by molar-refractivity contribution is 5.92. The van der Waals surface area contributed by atoms with Gasteiger partial charge in [0.15, 0.2) is 0 Å². The van der Waals surface area contributed by atoms with Gasteiger partial charge >= 0.3 is 0 Å². The summed E-state index contributed by atoms with van der Waals surface area (Å²) in [6.45, 7) is 0.379. The van der Waals surface area contributed by atoms with Gasteiger partial charge in [0.05, 0.1) is 6.54 Å². The quantitative estimate of drug-likeness (QED) is 0.817. The Morgan fingerprint density at radius 1 is 1.25 bits per heavy atom. The van der Waals surface area contributed by atoms with Crippen LogP contribution in [0.25, 0.3) is 0 Å². The summed E-state index contributed by atoms with van der Waals surface area (Å²) in [6.07, 6.45) is 0. The van der Waals surface area contributed by atoms with E-state index in [0.29, 0.717) is 12.2 Å². The molecular formula is C10H17Cl2N3O. The maximum atomic E-state index is 11.3. The standard InChI is InChI=1S/C10H15N3O.2ClH/c1-13(2)7-10(14)12-9-5-3-8(11)4-6-9;;/h3-6H,7,11H2,1-2H3,(H,12,14);2*1H. The van der Waals surface area contributed by atoms with Crippen molar-refractivity contribution in [2.24, 2.45) is 0 Å². The molecule has 0 saturated carbocycles. The summed E-state index contributed by atoms with van der Waals surface area (Å²) < 4.78 is 0. The summed E-state index contributed by atoms with van der Waals surface area (Å²) in [7, 11) is 3.70. The number of nitrogens with two attached hydrogens (primary N) is 1. The smallest absolute Gasteiger partial charge is 0.238 e. The first-order valence-electron chi connectivity index (χ1n) is 4.38. The van der Waals surface area contributed by atoms with E-state index in [1.54, 1.807) is 24.3 Å². The zero-order valence-electron chi connectivity index (χ0n) is 9.27. The Morgan fingerprint density at radius 3 is 2.19 bits per heavy atom. The van der Waals surface area contributed by atoms with Crippen LogP contribution < -0.4 is 11.1 Å². The molecule has 1 aromatic rings. The van der Waals surface area contributed by atoms with Gasteiger partial charge in [0, 0.05) is 11.4 Å². The van der Waals surface area contributed by atoms with Gasteiger partial charge in [-0.25, -0.2) is 0 Å². The SMILES string of the molecule is CN(C)CC(=O)Nc1ccc(N)cc1.Cl.Cl. The molecule has 92 valence electrons. The predicted molar refractivity (Wildman–Crippen MR) is 72.5 cm³/mol. The molecule has 0 atom stereocenters. The Balaban J connectivity index is 0. The number of likely N-dealkylation sites (N-methyl/N-ethyl adjacent to an activating group) is 1. The Labute approximate surface area is 108 Å². The number of nitrogens with zero attached hydrogens (tertiary/aromatic N) is 1. The number of nitrogen functional groups attached to an aromatic ring is 1. The van der Waals surface area contributed by atoms with Gasteiger partial charge in [0.1, 0.15) is 0 Å². The highest BCUT2D eigenvalue weighted by Crippen LogP contribution is 2.09. The molecular weight excluding hydrogens is 249 g/mol. The normalized spacial score (nSPS) is 8.94. The summed E-state index contributed by atoms with van der Waals surface area (Å²) in [5, 5.41) is 2.76. The van der Waals surface area contributed by atoms with E-state index >= 15 is 0 Å². The Kier molecular flexibility index (Phi) is 8.95. The number of anilines is 2. The van der Waals surface area contributed by atoms with Crippen molar-refractivity contribution < 1.29 is 4.79 Å². The van der Waals surface area contributed by atoms with Gasteiger partial charge in [-0.3, -0.25) is 4.79 Å². The molecule has 1 rings (SSSR count). The van der Waals surface area contributed by atoms with Gasteiger partial charge in [0.2, 0.25) is 5.91 Å². The van der Waals surface area contributed by atoms with Crippen molar-refractivity contribution in [3.05, 3.63) is 24.3 Å². The lowest BCUT2D eigenvalue weighted by molar-refractivity contribution is -0.116. The molecule has 0 fully saturated rings. The molecule has 0 radical (unpaired) electrons. The summed E-state index contributed by atoms with van der Waals surface area (Å²) in [5.74, 6) is -0.0280. The predicted octanol–water partition coefficient (Wildman–Crippen LogP) is 1.61. The van der Waals surface area contributed by atoms with Crippen LogP contribution in [0.4, 0.5) is 11.4 Å². The topological polar surface area (TPSA) is 58.4 Å². The van der Waals surface area contributed by atoms with E-state index in [-0.39, 0.29) is 30.7 Å². The van der Waals surface area contributed by atoms with Crippen LogP contribution in [-0.2, 0) is 4.79 Å². The Hall–Kier alpha value is -0.970. The number of hydrogen-bond donors (Lipinski definition) is 2. The summed E-state index contributed by atoms with van der Waals surface area (Å²) in [6, 6.07) is 7.07. The van der Waals surface area contributed by atoms with Gasteiger partial charge in [-0.1, -0.05) is 0 Å². The van der Waals surface area contributed by atoms with Crippen LogP contribution in [0.1, 0.15) is 0 Å². The van der Waals surface area contributed by atoms with E-state index in [1.807, 2.05) is 19.0 Å². The third-order valence-corrected chi connectivity index (χ3v) is 1.65. The molecule has 0 unspecified atom stereocenters. The van der Waals surface area contributed by atoms with E-state index in [4.69, 9.17) is 5.73 Å². The lowest BCUT2D eigenvalue weighted by Gasteiger charge is -2.09. The summed E-state index contributed by atoms with van der Waals surface area (Å²) in [4.78, 5) is 13.1. The molecule has 1 aromatic carbocycles. The Bertz CT molecular complexity index is 314. The first kappa shape index (κ1) is 17.4. The van der Waals surface area contributed by atoms with Crippen molar-refractivity contribution in [1.29, 1.82) is 0 Å². The maximum absolute atomic E-state index is 11.3. The molecule has 4 nitrogen and oxygen atoms in total. The number of nitrogens with one attached hydrogen (secondary N) is 1. The van der Waals surface area contributed by atoms with Gasteiger partial charge in [-0.05, 0) is 38.4 Å². The van der Waals surface area contributed by atoms with Crippen molar-refractivity contribution in [3.8, 4) is 0 Å². The second-order valence-electron chi connectivity index (χ2n) is 3.41. The number of amides is 1. The fourth-order valence-electron chi connectivity index (χ4n) is 1.05. The zero-order chi connectivity index (χ0) is 10.6. The third kappa shape index (κ3) is 6.50. The van der Waals surface area contributed by atoms with Crippen molar-refractivity contribution in [3.63, 3.8) is 0 Å². The van der Waals surface area contributed by atoms with Crippen LogP contribution in [-0.4, -0.2) is 31.4 Å². The van der Waals surface area contributed by atoms with Gasteiger partial charge < -0.3 is 16.0 Å². The monoisotopic (exact) mass is 265 g/mol. The maximum Gasteiger partial charge on any atom is 0.238 e. The molecule has 0 aliphatic carbocycles. The fourth-order valence-corrected chi connectivity index (χ4v) is 1.05. The number of hydrogen-bond acceptors (Lipinski definition) is 3. The third-order valence-electron chi connectivity index (χ3n) is 1.65. The second-order valence-corrected chi connectivity index (χ2v) is 3.41. The molecule has 0 saturated heterocycles. The largest absolute Gasteiger partial charge is 0.399 e. The first-order chi connectivity index (χ1) is 6.58. The number of halogens is 2. The average molecular weight is 266 g/mol. The zero-order valence-corrected chi connectivity index (χ0v) is 10.9. The van der Waals surface area contributed by atoms with E-state index in [9.17, 15) is 4.79 Å². The molecule has 0 aliphatic heterocycles. The number of carbonyl (C=O) groups excluding carboxylic acids is 1. The highest BCUT2D eigenvalue weighted by atomic mass is 35.5. The van der Waals surface area contributed by atoms with E-state index < -0.39 is 0 Å². The minimum absolute atomic E-state index is 0. The molecule has 3 N–H and O–H groups in total. The Morgan fingerprint density at radius 2 is 1.75 bits per heavy atom. The van der Waals surface area contributed by atoms with Crippen LogP contribution in [0.15, 0.2) is 24.3 Å². The molecule has 6 heteroatoms. The van der Waals surface area contributed by atoms with Crippen molar-refractivity contribution >= 4 is 42.1 Å². The van der Waals surface area contributed by atoms with Crippen LogP contribution in [0.2, 0.25) is 0 Å². The van der Waals surface area contributed by atoms with E-state index in [2.05, 4.69) is 5.32 Å². The van der Waals surface area contributed by atoms with Crippen LogP contribution >= 0.6 is 24.8 Å². The number of benzene rings is 1. The molecule has 1 amide bonds. The van der Waals surface area contributed by atoms with Crippen LogP contribution in [0, 0.1) is 0 Å². The number of rotatable bonds is 3. The second kappa shape index (κ2) is 8.21. The van der Waals surface area contributed by atoms with Crippen molar-refractivity contribution in [2.45, 2.75) is 0 Å². The lowest BCUT2D eigenvalue weighted by atomic mass is 10.3. The van der Waals surface area contributed by atoms with Crippen LogP contribution in [0.3, 0.4) is 0 Å². The number of carbonyl (C=O) groups is 1. The van der Waals surface area contributed by atoms with E-state index in [1.165, 1.54) is 0 Å². The van der Waals surface area contributed by atoms with Gasteiger partial charge in [-0.15, -0.1) is 24.8 Å². The molecule has 0 aliphatic rings. The minimum atomic E-state index is -0.0280. The fraction of sp³-hybridized carbons (Fsp3) is 0.300. The molecule has 0 aromatic heterocycles. The first-order valence-corrected chi connectivity index (χ1v) is 4.38. The highest BCUT2D eigenvalue weighted by Gasteiger charge is 2.02. The summed E-state index contributed by atoms with van der Waals surface area (Å²) >= 11 is 0. The molecule has 0 spiro atoms. The van der Waals surface area contributed by atoms with Crippen molar-refractivity contribution in [1.82, 2.24) is 4.90 Å². The van der Waals surface area contributed by atoms with E-state index in [0.717, 1.165) is 5.69 Å². The van der Waals surface area contributed by atoms with Gasteiger partial charge in [-0.2, -0.15) is 0 Å². The molecule has 0 heterocycles. The lowest BCUT2D eigenvalue weighted by Crippen LogP contribution is -2.27. The van der Waals surface area contributed by atoms with Gasteiger partial charge in [0.25, 0.3) is 0 Å². The molecule has 16 heavy (non-hydrogen) atoms.